The lowest BCUT2D eigenvalue weighted by atomic mass is 10.0. The minimum Gasteiger partial charge on any atom is -0.428 e. The quantitative estimate of drug-likeness (QED) is 0.309. The minimum atomic E-state index is 0. The highest BCUT2D eigenvalue weighted by Gasteiger charge is 1.96. The third kappa shape index (κ3) is 78.7. The van der Waals surface area contributed by atoms with Gasteiger partial charge in [0.05, 0.1) is 0 Å². The van der Waals surface area contributed by atoms with Crippen molar-refractivity contribution in [3.8, 4) is 0 Å². The molecule has 39 heavy (non-hydrogen) atoms. The summed E-state index contributed by atoms with van der Waals surface area (Å²) in [5.41, 5.74) is 0. The zero-order valence-corrected chi connectivity index (χ0v) is 28.5. The molecular weight excluding hydrogens is 488 g/mol. The molecule has 2 aromatic rings. The molecule has 0 radical (unpaired) electrons. The van der Waals surface area contributed by atoms with E-state index in [1.165, 1.54) is 77.0 Å². The van der Waals surface area contributed by atoms with Crippen LogP contribution in [-0.2, 0) is 4.43 Å². The topological polar surface area (TPSA) is 9.23 Å². The maximum Gasteiger partial charge on any atom is 0.145 e. The molecule has 0 saturated heterocycles. The fraction of sp³-hybridized carbons (Fsp3) is 0.676. The number of hydrogen-bond donors (Lipinski definition) is 0. The van der Waals surface area contributed by atoms with Gasteiger partial charge in [-0.15, -0.1) is 0 Å². The molecule has 0 unspecified atom stereocenters. The summed E-state index contributed by atoms with van der Waals surface area (Å²) in [6, 6.07) is 24.0. The van der Waals surface area contributed by atoms with Crippen LogP contribution >= 0.6 is 0 Å². The van der Waals surface area contributed by atoms with Crippen molar-refractivity contribution in [3.63, 3.8) is 0 Å². The molecule has 0 aliphatic heterocycles. The Morgan fingerprint density at radius 1 is 0.385 bits per heavy atom. The summed E-state index contributed by atoms with van der Waals surface area (Å²) in [7, 11) is 0.890. The number of benzene rings is 2. The van der Waals surface area contributed by atoms with Crippen molar-refractivity contribution in [1.29, 1.82) is 0 Å². The van der Waals surface area contributed by atoms with Crippen LogP contribution in [0.3, 0.4) is 0 Å². The van der Waals surface area contributed by atoms with Crippen LogP contribution < -0.4 is 0 Å². The van der Waals surface area contributed by atoms with Gasteiger partial charge in [-0.1, -0.05) is 228 Å². The Kier molecular flexibility index (Phi) is 113. The second-order valence-corrected chi connectivity index (χ2v) is 7.71. The van der Waals surface area contributed by atoms with Crippen LogP contribution in [0.15, 0.2) is 72.8 Å². The van der Waals surface area contributed by atoms with Crippen LogP contribution in [-0.4, -0.2) is 17.1 Å². The highest BCUT2D eigenvalue weighted by atomic mass is 28.2. The summed E-state index contributed by atoms with van der Waals surface area (Å²) < 4.78 is 4.68. The second kappa shape index (κ2) is 76.7. The Labute approximate surface area is 258 Å². The predicted octanol–water partition coefficient (Wildman–Crippen LogP) is 13.9. The summed E-state index contributed by atoms with van der Waals surface area (Å²) in [6.07, 6.45) is 18.0. The molecule has 2 saturated carbocycles. The normalized spacial score (nSPS) is 11.3. The average molecular weight is 573 g/mol. The lowest BCUT2D eigenvalue weighted by molar-refractivity contribution is 0.375. The molecule has 2 aliphatic rings. The largest absolute Gasteiger partial charge is 0.428 e. The van der Waals surface area contributed by atoms with Crippen LogP contribution in [0.4, 0.5) is 0 Å². The van der Waals surface area contributed by atoms with Crippen LogP contribution in [0.1, 0.15) is 164 Å². The van der Waals surface area contributed by atoms with E-state index in [9.17, 15) is 0 Å². The Morgan fingerprint density at radius 3 is 0.513 bits per heavy atom. The summed E-state index contributed by atoms with van der Waals surface area (Å²) >= 11 is 0. The van der Waals surface area contributed by atoms with Crippen LogP contribution in [0.5, 0.6) is 0 Å². The standard InChI is InChI=1S/2C6H12.2C6H6.C2H8OSi.4C2H6.3CH4.2H2/c4*1-2-4-6-5-3-1;1-2-3-4;4*1-2;;;;;/h2*1-6H2;2*1-6H;2H2,1,4H3;4*1-2H3;3*1H4;2*1H. The third-order valence-electron chi connectivity index (χ3n) is 4.62. The van der Waals surface area contributed by atoms with Crippen LogP contribution in [0.25, 0.3) is 0 Å². The third-order valence-corrected chi connectivity index (χ3v) is 5.20. The van der Waals surface area contributed by atoms with Gasteiger partial charge in [-0.2, -0.15) is 0 Å². The minimum absolute atomic E-state index is 0. The van der Waals surface area contributed by atoms with Crippen molar-refractivity contribution in [2.24, 2.45) is 0 Å². The van der Waals surface area contributed by atoms with E-state index in [0.29, 0.717) is 0 Å². The summed E-state index contributed by atoms with van der Waals surface area (Å²) in [4.78, 5) is 0. The van der Waals surface area contributed by atoms with Gasteiger partial charge in [-0.3, -0.25) is 0 Å². The molecule has 0 bridgehead atoms. The van der Waals surface area contributed by atoms with E-state index in [2.05, 4.69) is 4.43 Å². The first-order valence-electron chi connectivity index (χ1n) is 15.4. The van der Waals surface area contributed by atoms with Crippen molar-refractivity contribution >= 4 is 10.5 Å². The van der Waals surface area contributed by atoms with Gasteiger partial charge < -0.3 is 4.43 Å². The van der Waals surface area contributed by atoms with Crippen molar-refractivity contribution in [2.45, 2.75) is 162 Å². The lowest BCUT2D eigenvalue weighted by Crippen LogP contribution is -1.85. The zero-order valence-electron chi connectivity index (χ0n) is 26.5. The second-order valence-electron chi connectivity index (χ2n) is 7.13. The van der Waals surface area contributed by atoms with Gasteiger partial charge >= 0.3 is 0 Å². The molecule has 2 heteroatoms. The van der Waals surface area contributed by atoms with E-state index in [4.69, 9.17) is 0 Å². The Hall–Kier alpha value is -1.38. The van der Waals surface area contributed by atoms with Gasteiger partial charge in [0, 0.05) is 9.46 Å². The molecule has 0 aromatic heterocycles. The molecule has 1 nitrogen and oxygen atoms in total. The maximum atomic E-state index is 4.68. The van der Waals surface area contributed by atoms with Gasteiger partial charge in [-0.05, 0) is 6.92 Å². The fourth-order valence-electron chi connectivity index (χ4n) is 2.89. The molecule has 0 amide bonds. The molecule has 0 heterocycles. The van der Waals surface area contributed by atoms with Crippen molar-refractivity contribution in [1.82, 2.24) is 0 Å². The summed E-state index contributed by atoms with van der Waals surface area (Å²) in [5.74, 6) is 0. The highest BCUT2D eigenvalue weighted by Crippen LogP contribution is 2.15. The smallest absolute Gasteiger partial charge is 0.145 e. The van der Waals surface area contributed by atoms with Crippen molar-refractivity contribution < 1.29 is 7.28 Å². The molecular formula is C37H84OSi. The number of hydrogen-bond acceptors (Lipinski definition) is 1. The molecule has 0 atom stereocenters. The van der Waals surface area contributed by atoms with E-state index < -0.39 is 0 Å². The van der Waals surface area contributed by atoms with Gasteiger partial charge in [0.2, 0.25) is 0 Å². The predicted molar refractivity (Wildman–Crippen MR) is 200 cm³/mol. The summed E-state index contributed by atoms with van der Waals surface area (Å²) in [5, 5.41) is 0. The fourth-order valence-corrected chi connectivity index (χ4v) is 2.89. The van der Waals surface area contributed by atoms with Crippen molar-refractivity contribution in [2.75, 3.05) is 6.61 Å². The van der Waals surface area contributed by atoms with Gasteiger partial charge in [0.15, 0.2) is 0 Å². The number of rotatable bonds is 1. The van der Waals surface area contributed by atoms with Gasteiger partial charge in [-0.25, -0.2) is 0 Å². The van der Waals surface area contributed by atoms with E-state index in [1.807, 2.05) is 135 Å². The molecule has 0 spiro atoms. The van der Waals surface area contributed by atoms with Gasteiger partial charge in [0.25, 0.3) is 0 Å². The maximum absolute atomic E-state index is 4.68. The summed E-state index contributed by atoms with van der Waals surface area (Å²) in [6.45, 7) is 18.9. The lowest BCUT2D eigenvalue weighted by Gasteiger charge is -2.05. The molecule has 242 valence electrons. The molecule has 2 fully saturated rings. The molecule has 2 aliphatic carbocycles. The van der Waals surface area contributed by atoms with Crippen LogP contribution in [0.2, 0.25) is 0 Å². The van der Waals surface area contributed by atoms with Crippen LogP contribution in [0, 0.1) is 0 Å². The first-order chi connectivity index (χ1) is 17.9. The first-order valence-corrected chi connectivity index (χ1v) is 16.2. The Morgan fingerprint density at radius 2 is 0.462 bits per heavy atom. The Bertz CT molecular complexity index is 343. The molecule has 2 aromatic carbocycles. The van der Waals surface area contributed by atoms with E-state index in [-0.39, 0.29) is 25.1 Å². The van der Waals surface area contributed by atoms with E-state index >= 15 is 0 Å². The first kappa shape index (κ1) is 57.5. The molecule has 0 N–H and O–H groups in total. The highest BCUT2D eigenvalue weighted by molar-refractivity contribution is 5.97. The van der Waals surface area contributed by atoms with E-state index in [0.717, 1.165) is 17.1 Å². The molecule has 4 rings (SSSR count). The zero-order chi connectivity index (χ0) is 28.4. The van der Waals surface area contributed by atoms with Crippen molar-refractivity contribution in [3.05, 3.63) is 72.8 Å². The SMILES string of the molecule is C.C.C.C1CCCCC1.C1CCCCC1.CC.CC.CC.CC.CCO[SiH3].[HH].[HH].c1ccccc1.c1ccccc1. The van der Waals surface area contributed by atoms with E-state index in [1.54, 1.807) is 0 Å². The Balaban J connectivity index is -0.0000000337. The average Bonchev–Trinajstić information content (AvgIpc) is 3.05. The monoisotopic (exact) mass is 573 g/mol. The van der Waals surface area contributed by atoms with Gasteiger partial charge in [0.1, 0.15) is 10.5 Å².